The number of hydrogen-bond donors (Lipinski definition) is 1. The van der Waals surface area contributed by atoms with E-state index in [0.29, 0.717) is 11.4 Å². The lowest BCUT2D eigenvalue weighted by Crippen LogP contribution is -2.36. The van der Waals surface area contributed by atoms with Crippen LogP contribution in [0.1, 0.15) is 26.5 Å². The molecule has 4 rings (SSSR count). The number of nitrogens with one attached hydrogen (secondary N) is 1. The molecule has 0 radical (unpaired) electrons. The molecule has 1 aliphatic heterocycles. The number of hydrogen-bond acceptors (Lipinski definition) is 5. The van der Waals surface area contributed by atoms with E-state index < -0.39 is 0 Å². The number of benzene rings is 2. The summed E-state index contributed by atoms with van der Waals surface area (Å²) < 4.78 is 5.44. The topological polar surface area (TPSA) is 54.5 Å². The van der Waals surface area contributed by atoms with E-state index in [2.05, 4.69) is 33.4 Å². The van der Waals surface area contributed by atoms with E-state index >= 15 is 0 Å². The molecule has 3 aromatic rings. The zero-order valence-corrected chi connectivity index (χ0v) is 17.4. The van der Waals surface area contributed by atoms with Gasteiger partial charge in [0.1, 0.15) is 9.88 Å². The molecule has 1 saturated heterocycles. The molecule has 5 nitrogen and oxygen atoms in total. The van der Waals surface area contributed by atoms with Crippen molar-refractivity contribution in [2.24, 2.45) is 0 Å². The lowest BCUT2D eigenvalue weighted by atomic mass is 10.1. The van der Waals surface area contributed by atoms with Crippen molar-refractivity contribution in [3.8, 4) is 10.6 Å². The summed E-state index contributed by atoms with van der Waals surface area (Å²) >= 11 is 1.44. The van der Waals surface area contributed by atoms with Gasteiger partial charge in [-0.05, 0) is 18.1 Å². The molecule has 0 aliphatic carbocycles. The average Bonchev–Trinajstić information content (AvgIpc) is 3.16. The second-order valence-electron chi connectivity index (χ2n) is 7.14. The Hall–Kier alpha value is -2.54. The number of ether oxygens (including phenoxy) is 1. The molecule has 0 unspecified atom stereocenters. The summed E-state index contributed by atoms with van der Waals surface area (Å²) in [7, 11) is 0. The Kier molecular flexibility index (Phi) is 6.34. The second kappa shape index (κ2) is 9.31. The number of carbonyl (C=O) groups is 1. The fourth-order valence-electron chi connectivity index (χ4n) is 3.45. The number of carbonyl (C=O) groups excluding carboxylic acids is 1. The van der Waals surface area contributed by atoms with Crippen LogP contribution >= 0.6 is 11.3 Å². The third-order valence-corrected chi connectivity index (χ3v) is 6.28. The molecule has 150 valence electrons. The first-order valence-corrected chi connectivity index (χ1v) is 10.7. The van der Waals surface area contributed by atoms with Gasteiger partial charge in [-0.3, -0.25) is 9.69 Å². The van der Waals surface area contributed by atoms with Crippen molar-refractivity contribution in [1.82, 2.24) is 15.2 Å². The molecule has 29 heavy (non-hydrogen) atoms. The molecule has 0 bridgehead atoms. The van der Waals surface area contributed by atoms with Crippen molar-refractivity contribution in [3.63, 3.8) is 0 Å². The lowest BCUT2D eigenvalue weighted by molar-refractivity contribution is 0.0340. The monoisotopic (exact) mass is 407 g/mol. The summed E-state index contributed by atoms with van der Waals surface area (Å²) in [6.07, 6.45) is 0. The molecular weight excluding hydrogens is 382 g/mol. The minimum atomic E-state index is -0.0663. The maximum atomic E-state index is 12.8. The normalized spacial score (nSPS) is 14.7. The Bertz CT molecular complexity index is 965. The standard InChI is InChI=1S/C23H25N3O2S/c1-17-21(29-23(25-17)18-7-3-2-4-8-18)22(27)24-15-19-9-5-6-10-20(19)16-26-11-13-28-14-12-26/h2-10H,11-16H2,1H3,(H,24,27). The van der Waals surface area contributed by atoms with Crippen molar-refractivity contribution in [2.45, 2.75) is 20.0 Å². The van der Waals surface area contributed by atoms with Crippen molar-refractivity contribution >= 4 is 17.2 Å². The number of morpholine rings is 1. The SMILES string of the molecule is Cc1nc(-c2ccccc2)sc1C(=O)NCc1ccccc1CN1CCOCC1. The highest BCUT2D eigenvalue weighted by atomic mass is 32.1. The summed E-state index contributed by atoms with van der Waals surface area (Å²) in [5.41, 5.74) is 4.21. The highest BCUT2D eigenvalue weighted by Gasteiger charge is 2.17. The summed E-state index contributed by atoms with van der Waals surface area (Å²) in [5.74, 6) is -0.0663. The summed E-state index contributed by atoms with van der Waals surface area (Å²) in [5, 5.41) is 3.96. The molecule has 1 N–H and O–H groups in total. The van der Waals surface area contributed by atoms with Crippen LogP contribution in [-0.2, 0) is 17.8 Å². The van der Waals surface area contributed by atoms with E-state index in [1.54, 1.807) is 0 Å². The maximum absolute atomic E-state index is 12.8. The van der Waals surface area contributed by atoms with Gasteiger partial charge in [0.2, 0.25) is 0 Å². The third kappa shape index (κ3) is 4.90. The molecule has 2 aromatic carbocycles. The Morgan fingerprint density at radius 1 is 1.07 bits per heavy atom. The van der Waals surface area contributed by atoms with Crippen LogP contribution in [0.25, 0.3) is 10.6 Å². The minimum absolute atomic E-state index is 0.0663. The van der Waals surface area contributed by atoms with E-state index in [0.717, 1.165) is 54.7 Å². The average molecular weight is 408 g/mol. The first-order valence-electron chi connectivity index (χ1n) is 9.88. The number of aryl methyl sites for hydroxylation is 1. The molecule has 1 fully saturated rings. The highest BCUT2D eigenvalue weighted by molar-refractivity contribution is 7.17. The van der Waals surface area contributed by atoms with Crippen LogP contribution in [-0.4, -0.2) is 42.1 Å². The number of thiazole rings is 1. The van der Waals surface area contributed by atoms with Gasteiger partial charge in [0, 0.05) is 31.7 Å². The molecule has 1 amide bonds. The smallest absolute Gasteiger partial charge is 0.263 e. The molecule has 1 aromatic heterocycles. The summed E-state index contributed by atoms with van der Waals surface area (Å²) in [4.78, 5) is 20.5. The minimum Gasteiger partial charge on any atom is -0.379 e. The third-order valence-electron chi connectivity index (χ3n) is 5.08. The van der Waals surface area contributed by atoms with Crippen LogP contribution in [0.15, 0.2) is 54.6 Å². The zero-order chi connectivity index (χ0) is 20.1. The maximum Gasteiger partial charge on any atom is 0.263 e. The van der Waals surface area contributed by atoms with Gasteiger partial charge in [-0.2, -0.15) is 0 Å². The van der Waals surface area contributed by atoms with E-state index in [4.69, 9.17) is 4.74 Å². The molecule has 1 aliphatic rings. The quantitative estimate of drug-likeness (QED) is 0.674. The Balaban J connectivity index is 1.43. The van der Waals surface area contributed by atoms with Crippen LogP contribution < -0.4 is 5.32 Å². The first-order chi connectivity index (χ1) is 14.2. The number of aromatic nitrogens is 1. The van der Waals surface area contributed by atoms with Crippen molar-refractivity contribution in [2.75, 3.05) is 26.3 Å². The summed E-state index contributed by atoms with van der Waals surface area (Å²) in [6, 6.07) is 18.3. The fraction of sp³-hybridized carbons (Fsp3) is 0.304. The predicted octanol–water partition coefficient (Wildman–Crippen LogP) is 3.88. The predicted molar refractivity (Wildman–Crippen MR) is 116 cm³/mol. The lowest BCUT2D eigenvalue weighted by Gasteiger charge is -2.27. The van der Waals surface area contributed by atoms with Crippen LogP contribution in [0.4, 0.5) is 0 Å². The Morgan fingerprint density at radius 3 is 2.52 bits per heavy atom. The van der Waals surface area contributed by atoms with Crippen molar-refractivity contribution in [1.29, 1.82) is 0 Å². The fourth-order valence-corrected chi connectivity index (χ4v) is 4.44. The molecule has 0 spiro atoms. The first kappa shape index (κ1) is 19.8. The van der Waals surface area contributed by atoms with Crippen LogP contribution in [0.2, 0.25) is 0 Å². The van der Waals surface area contributed by atoms with Crippen LogP contribution in [0, 0.1) is 6.92 Å². The van der Waals surface area contributed by atoms with Gasteiger partial charge in [-0.1, -0.05) is 54.6 Å². The van der Waals surface area contributed by atoms with Gasteiger partial charge in [-0.25, -0.2) is 4.98 Å². The van der Waals surface area contributed by atoms with Gasteiger partial charge in [0.05, 0.1) is 18.9 Å². The Labute approximate surface area is 175 Å². The van der Waals surface area contributed by atoms with Gasteiger partial charge in [0.15, 0.2) is 0 Å². The molecule has 6 heteroatoms. The van der Waals surface area contributed by atoms with Gasteiger partial charge >= 0.3 is 0 Å². The number of rotatable bonds is 6. The van der Waals surface area contributed by atoms with Gasteiger partial charge in [-0.15, -0.1) is 11.3 Å². The largest absolute Gasteiger partial charge is 0.379 e. The molecule has 0 saturated carbocycles. The van der Waals surface area contributed by atoms with E-state index in [9.17, 15) is 4.79 Å². The molecule has 0 atom stereocenters. The van der Waals surface area contributed by atoms with Crippen LogP contribution in [0.5, 0.6) is 0 Å². The van der Waals surface area contributed by atoms with E-state index in [1.807, 2.05) is 43.3 Å². The number of nitrogens with zero attached hydrogens (tertiary/aromatic N) is 2. The van der Waals surface area contributed by atoms with Gasteiger partial charge < -0.3 is 10.1 Å². The molecule has 2 heterocycles. The molecular formula is C23H25N3O2S. The zero-order valence-electron chi connectivity index (χ0n) is 16.6. The summed E-state index contributed by atoms with van der Waals surface area (Å²) in [6.45, 7) is 6.75. The van der Waals surface area contributed by atoms with E-state index in [-0.39, 0.29) is 5.91 Å². The van der Waals surface area contributed by atoms with Gasteiger partial charge in [0.25, 0.3) is 5.91 Å². The van der Waals surface area contributed by atoms with Crippen LogP contribution in [0.3, 0.4) is 0 Å². The second-order valence-corrected chi connectivity index (χ2v) is 8.14. The Morgan fingerprint density at radius 2 is 1.76 bits per heavy atom. The number of amides is 1. The van der Waals surface area contributed by atoms with Crippen molar-refractivity contribution in [3.05, 3.63) is 76.3 Å². The highest BCUT2D eigenvalue weighted by Crippen LogP contribution is 2.27. The van der Waals surface area contributed by atoms with Crippen molar-refractivity contribution < 1.29 is 9.53 Å². The van der Waals surface area contributed by atoms with E-state index in [1.165, 1.54) is 16.9 Å².